The third kappa shape index (κ3) is 2.74. The highest BCUT2D eigenvalue weighted by molar-refractivity contribution is 5.82. The molecular weight excluding hydrogens is 308 g/mol. The van der Waals surface area contributed by atoms with E-state index in [0.717, 1.165) is 5.70 Å². The molecule has 0 saturated heterocycles. The molecule has 0 amide bonds. The lowest BCUT2D eigenvalue weighted by atomic mass is 10.2. The topological polar surface area (TPSA) is 126 Å². The summed E-state index contributed by atoms with van der Waals surface area (Å²) in [5, 5.41) is 23.9. The van der Waals surface area contributed by atoms with Crippen LogP contribution < -0.4 is 15.9 Å². The SMILES string of the molecule is CC1=CC(=C2Nc3ccc([N+](=O)[O-])cc3N2OCC(=O)O)ON1. The Hall–Kier alpha value is -3.27. The van der Waals surface area contributed by atoms with Crippen LogP contribution in [-0.2, 0) is 14.5 Å². The first kappa shape index (κ1) is 14.7. The number of carboxylic acids is 1. The average Bonchev–Trinajstić information content (AvgIpc) is 3.07. The number of hydrogen-bond acceptors (Lipinski definition) is 8. The first-order valence-corrected chi connectivity index (χ1v) is 6.51. The number of fused-ring (bicyclic) bond motifs is 1. The number of rotatable bonds is 4. The highest BCUT2D eigenvalue weighted by Gasteiger charge is 2.32. The summed E-state index contributed by atoms with van der Waals surface area (Å²) < 4.78 is 0. The number of hydroxylamine groups is 2. The van der Waals surface area contributed by atoms with E-state index in [1.807, 2.05) is 0 Å². The number of allylic oxidation sites excluding steroid dienone is 2. The lowest BCUT2D eigenvalue weighted by molar-refractivity contribution is -0.384. The van der Waals surface area contributed by atoms with Crippen LogP contribution in [0.4, 0.5) is 17.1 Å². The molecule has 0 aromatic heterocycles. The number of nitro benzene ring substituents is 1. The molecule has 10 heteroatoms. The van der Waals surface area contributed by atoms with Gasteiger partial charge in [-0.3, -0.25) is 15.0 Å². The maximum Gasteiger partial charge on any atom is 0.332 e. The van der Waals surface area contributed by atoms with Gasteiger partial charge in [0.15, 0.2) is 18.2 Å². The van der Waals surface area contributed by atoms with Crippen molar-refractivity contribution >= 4 is 23.0 Å². The molecular formula is C13H12N4O6. The molecule has 0 atom stereocenters. The van der Waals surface area contributed by atoms with Crippen molar-refractivity contribution in [2.24, 2.45) is 0 Å². The van der Waals surface area contributed by atoms with Crippen LogP contribution in [0.1, 0.15) is 6.92 Å². The molecule has 10 nitrogen and oxygen atoms in total. The molecule has 0 unspecified atom stereocenters. The van der Waals surface area contributed by atoms with Crippen molar-refractivity contribution in [3.63, 3.8) is 0 Å². The molecule has 0 aliphatic carbocycles. The summed E-state index contributed by atoms with van der Waals surface area (Å²) in [6, 6.07) is 4.14. The molecule has 0 saturated carbocycles. The van der Waals surface area contributed by atoms with E-state index in [4.69, 9.17) is 14.8 Å². The van der Waals surface area contributed by atoms with Gasteiger partial charge in [-0.05, 0) is 13.0 Å². The van der Waals surface area contributed by atoms with Crippen LogP contribution >= 0.6 is 0 Å². The van der Waals surface area contributed by atoms with E-state index in [9.17, 15) is 14.9 Å². The number of benzene rings is 1. The number of nitrogens with one attached hydrogen (secondary N) is 2. The largest absolute Gasteiger partial charge is 0.479 e. The third-order valence-corrected chi connectivity index (χ3v) is 3.09. The van der Waals surface area contributed by atoms with Crippen molar-refractivity contribution in [1.82, 2.24) is 5.48 Å². The molecule has 3 N–H and O–H groups in total. The Labute approximate surface area is 129 Å². The first-order valence-electron chi connectivity index (χ1n) is 6.51. The second-order valence-corrected chi connectivity index (χ2v) is 4.79. The standard InChI is InChI=1S/C13H12N4O6/c1-7-4-11(23-15-7)13-14-9-3-2-8(17(20)21)5-10(9)16(13)22-6-12(18)19/h2-5,14-15H,6H2,1H3,(H,18,19). The summed E-state index contributed by atoms with van der Waals surface area (Å²) in [6.07, 6.45) is 1.68. The molecule has 0 spiro atoms. The van der Waals surface area contributed by atoms with Crippen LogP contribution in [0.25, 0.3) is 0 Å². The molecule has 0 radical (unpaired) electrons. The highest BCUT2D eigenvalue weighted by Crippen LogP contribution is 2.40. The van der Waals surface area contributed by atoms with Crippen molar-refractivity contribution in [3.8, 4) is 0 Å². The summed E-state index contributed by atoms with van der Waals surface area (Å²) in [5.74, 6) is -0.483. The van der Waals surface area contributed by atoms with Gasteiger partial charge in [0, 0.05) is 23.9 Å². The van der Waals surface area contributed by atoms with E-state index >= 15 is 0 Å². The van der Waals surface area contributed by atoms with Gasteiger partial charge in [-0.25, -0.2) is 10.3 Å². The molecule has 3 rings (SSSR count). The molecule has 0 fully saturated rings. The Morgan fingerprint density at radius 3 is 2.91 bits per heavy atom. The van der Waals surface area contributed by atoms with Crippen molar-refractivity contribution < 1.29 is 24.5 Å². The molecule has 2 aliphatic rings. The van der Waals surface area contributed by atoms with Gasteiger partial charge in [0.25, 0.3) is 5.69 Å². The Kier molecular flexibility index (Phi) is 3.50. The van der Waals surface area contributed by atoms with Crippen molar-refractivity contribution in [2.45, 2.75) is 6.92 Å². The number of carbonyl (C=O) groups is 1. The maximum absolute atomic E-state index is 10.9. The van der Waals surface area contributed by atoms with Crippen LogP contribution in [0.3, 0.4) is 0 Å². The summed E-state index contributed by atoms with van der Waals surface area (Å²) in [4.78, 5) is 31.7. The zero-order valence-corrected chi connectivity index (χ0v) is 11.9. The predicted molar refractivity (Wildman–Crippen MR) is 77.8 cm³/mol. The van der Waals surface area contributed by atoms with E-state index in [1.165, 1.54) is 23.3 Å². The first-order chi connectivity index (χ1) is 11.0. The van der Waals surface area contributed by atoms with E-state index < -0.39 is 17.5 Å². The van der Waals surface area contributed by atoms with Crippen LogP contribution in [-0.4, -0.2) is 22.6 Å². The molecule has 23 heavy (non-hydrogen) atoms. The number of hydrogen-bond donors (Lipinski definition) is 3. The highest BCUT2D eigenvalue weighted by atomic mass is 16.7. The quantitative estimate of drug-likeness (QED) is 0.558. The Bertz CT molecular complexity index is 757. The maximum atomic E-state index is 10.9. The summed E-state index contributed by atoms with van der Waals surface area (Å²) in [7, 11) is 0. The monoisotopic (exact) mass is 320 g/mol. The molecule has 0 bridgehead atoms. The van der Waals surface area contributed by atoms with Crippen molar-refractivity contribution in [3.05, 3.63) is 51.7 Å². The van der Waals surface area contributed by atoms with Crippen LogP contribution in [0.2, 0.25) is 0 Å². The van der Waals surface area contributed by atoms with Gasteiger partial charge in [0.05, 0.1) is 10.6 Å². The number of anilines is 2. The number of aliphatic carboxylic acids is 1. The van der Waals surface area contributed by atoms with Gasteiger partial charge >= 0.3 is 5.97 Å². The lowest BCUT2D eigenvalue weighted by Gasteiger charge is -2.18. The van der Waals surface area contributed by atoms with Gasteiger partial charge in [0.2, 0.25) is 0 Å². The second-order valence-electron chi connectivity index (χ2n) is 4.79. The van der Waals surface area contributed by atoms with Gasteiger partial charge in [-0.2, -0.15) is 5.06 Å². The zero-order valence-electron chi connectivity index (χ0n) is 11.9. The third-order valence-electron chi connectivity index (χ3n) is 3.09. The number of non-ortho nitro benzene ring substituents is 1. The van der Waals surface area contributed by atoms with Gasteiger partial charge in [-0.1, -0.05) is 0 Å². The normalized spacial score (nSPS) is 18.7. The number of carboxylic acid groups (broad SMARTS) is 1. The minimum Gasteiger partial charge on any atom is -0.479 e. The number of nitro groups is 1. The fourth-order valence-corrected chi connectivity index (χ4v) is 2.13. The molecule has 1 aromatic carbocycles. The molecule has 120 valence electrons. The van der Waals surface area contributed by atoms with Crippen molar-refractivity contribution in [2.75, 3.05) is 17.0 Å². The number of nitrogens with zero attached hydrogens (tertiary/aromatic N) is 2. The van der Waals surface area contributed by atoms with Gasteiger partial charge in [-0.15, -0.1) is 0 Å². The minimum atomic E-state index is -1.18. The van der Waals surface area contributed by atoms with Gasteiger partial charge in [0.1, 0.15) is 5.69 Å². The average molecular weight is 320 g/mol. The Morgan fingerprint density at radius 2 is 2.30 bits per heavy atom. The lowest BCUT2D eigenvalue weighted by Crippen LogP contribution is -2.26. The summed E-state index contributed by atoms with van der Waals surface area (Å²) in [5.41, 5.74) is 4.10. The predicted octanol–water partition coefficient (Wildman–Crippen LogP) is 1.45. The summed E-state index contributed by atoms with van der Waals surface area (Å²) in [6.45, 7) is 1.17. The molecule has 2 aliphatic heterocycles. The fourth-order valence-electron chi connectivity index (χ4n) is 2.13. The smallest absolute Gasteiger partial charge is 0.332 e. The molecule has 2 heterocycles. The fraction of sp³-hybridized carbons (Fsp3) is 0.154. The van der Waals surface area contributed by atoms with Crippen LogP contribution in [0.5, 0.6) is 0 Å². The molecule has 1 aromatic rings. The van der Waals surface area contributed by atoms with E-state index in [-0.39, 0.29) is 5.69 Å². The Morgan fingerprint density at radius 1 is 1.52 bits per heavy atom. The van der Waals surface area contributed by atoms with Crippen molar-refractivity contribution in [1.29, 1.82) is 0 Å². The van der Waals surface area contributed by atoms with E-state index in [1.54, 1.807) is 13.0 Å². The van der Waals surface area contributed by atoms with Crippen LogP contribution in [0.15, 0.2) is 41.6 Å². The second kappa shape index (κ2) is 5.50. The van der Waals surface area contributed by atoms with Gasteiger partial charge < -0.3 is 15.3 Å². The van der Waals surface area contributed by atoms with E-state index in [0.29, 0.717) is 23.0 Å². The minimum absolute atomic E-state index is 0.141. The zero-order chi connectivity index (χ0) is 16.6. The van der Waals surface area contributed by atoms with Crippen LogP contribution in [0, 0.1) is 10.1 Å². The van der Waals surface area contributed by atoms with E-state index in [2.05, 4.69) is 10.8 Å². The summed E-state index contributed by atoms with van der Waals surface area (Å²) >= 11 is 0. The Balaban J connectivity index is 2.02.